The smallest absolute Gasteiger partial charge is 0.224 e. The van der Waals surface area contributed by atoms with Gasteiger partial charge in [-0.05, 0) is 19.5 Å². The Kier molecular flexibility index (Phi) is 5.86. The summed E-state index contributed by atoms with van der Waals surface area (Å²) in [6, 6.07) is 9.87. The van der Waals surface area contributed by atoms with E-state index in [0.29, 0.717) is 37.5 Å². The van der Waals surface area contributed by atoms with E-state index in [4.69, 9.17) is 0 Å². The summed E-state index contributed by atoms with van der Waals surface area (Å²) >= 11 is 1.28. The van der Waals surface area contributed by atoms with Crippen molar-refractivity contribution < 1.29 is 13.2 Å². The van der Waals surface area contributed by atoms with Gasteiger partial charge in [0.15, 0.2) is 5.78 Å². The zero-order valence-corrected chi connectivity index (χ0v) is 16.6. The van der Waals surface area contributed by atoms with Crippen LogP contribution in [0.15, 0.2) is 36.5 Å². The lowest BCUT2D eigenvalue weighted by atomic mass is 10.2. The summed E-state index contributed by atoms with van der Waals surface area (Å²) in [6.07, 6.45) is 2.14. The zero-order chi connectivity index (χ0) is 18.7. The number of likely N-dealkylation sites (N-methyl/N-ethyl adjacent to an activating group) is 1. The van der Waals surface area contributed by atoms with Crippen LogP contribution in [0.25, 0.3) is 0 Å². The number of carbonyl (C=O) groups is 1. The van der Waals surface area contributed by atoms with E-state index in [2.05, 4.69) is 9.88 Å². The number of benzene rings is 1. The van der Waals surface area contributed by atoms with Crippen molar-refractivity contribution >= 4 is 27.1 Å². The fourth-order valence-corrected chi connectivity index (χ4v) is 5.45. The molecule has 0 aliphatic carbocycles. The number of Topliss-reactive ketones (excluding diaryl/α,β-unsaturated/α-hetero) is 1. The fourth-order valence-electron chi connectivity index (χ4n) is 2.88. The molecule has 1 saturated heterocycles. The monoisotopic (exact) mass is 393 g/mol. The molecule has 2 heterocycles. The van der Waals surface area contributed by atoms with E-state index in [9.17, 15) is 13.2 Å². The quantitative estimate of drug-likeness (QED) is 0.701. The molecule has 0 amide bonds. The first-order valence-corrected chi connectivity index (χ1v) is 10.9. The minimum absolute atomic E-state index is 0.374. The first-order valence-electron chi connectivity index (χ1n) is 8.58. The molecule has 1 aliphatic heterocycles. The van der Waals surface area contributed by atoms with Crippen molar-refractivity contribution in [1.29, 1.82) is 0 Å². The molecule has 1 atom stereocenters. The van der Waals surface area contributed by atoms with Crippen molar-refractivity contribution in [2.75, 3.05) is 33.2 Å². The summed E-state index contributed by atoms with van der Waals surface area (Å²) in [6.45, 7) is 3.70. The van der Waals surface area contributed by atoms with Crippen LogP contribution >= 0.6 is 11.3 Å². The average Bonchev–Trinajstić information content (AvgIpc) is 3.10. The Hall–Kier alpha value is -1.61. The molecule has 8 heteroatoms. The van der Waals surface area contributed by atoms with Gasteiger partial charge in [-0.15, -0.1) is 11.3 Å². The largest absolute Gasteiger partial charge is 0.304 e. The van der Waals surface area contributed by atoms with E-state index in [0.717, 1.165) is 10.6 Å². The zero-order valence-electron chi connectivity index (χ0n) is 15.0. The summed E-state index contributed by atoms with van der Waals surface area (Å²) in [5, 5.41) is -0.278. The molecule has 1 aliphatic rings. The molecule has 140 valence electrons. The maximum absolute atomic E-state index is 12.8. The molecule has 2 aromatic rings. The number of rotatable bonds is 6. The number of thiazole rings is 1. The maximum atomic E-state index is 12.8. The van der Waals surface area contributed by atoms with Crippen LogP contribution in [0.1, 0.15) is 27.2 Å². The molecular formula is C18H23N3O3S2. The molecule has 0 radical (unpaired) electrons. The Morgan fingerprint density at radius 1 is 1.19 bits per heavy atom. The van der Waals surface area contributed by atoms with E-state index in [1.54, 1.807) is 0 Å². The Bertz CT molecular complexity index is 857. The lowest BCUT2D eigenvalue weighted by Gasteiger charge is -2.32. The van der Waals surface area contributed by atoms with Crippen LogP contribution in [0, 0.1) is 0 Å². The Morgan fingerprint density at radius 2 is 1.85 bits per heavy atom. The summed E-state index contributed by atoms with van der Waals surface area (Å²) in [4.78, 5) is 19.5. The molecule has 1 aromatic carbocycles. The van der Waals surface area contributed by atoms with Gasteiger partial charge in [-0.3, -0.25) is 4.79 Å². The lowest BCUT2D eigenvalue weighted by molar-refractivity contribution is 0.0992. The topological polar surface area (TPSA) is 70.6 Å². The number of hydrogen-bond donors (Lipinski definition) is 0. The number of piperazine rings is 1. The first kappa shape index (κ1) is 19.2. The van der Waals surface area contributed by atoms with Crippen molar-refractivity contribution in [3.8, 4) is 0 Å². The molecule has 0 unspecified atom stereocenters. The van der Waals surface area contributed by atoms with Crippen LogP contribution in [-0.2, 0) is 16.4 Å². The molecule has 26 heavy (non-hydrogen) atoms. The first-order chi connectivity index (χ1) is 12.4. The summed E-state index contributed by atoms with van der Waals surface area (Å²) < 4.78 is 27.0. The highest BCUT2D eigenvalue weighted by molar-refractivity contribution is 7.90. The molecule has 0 bridgehead atoms. The van der Waals surface area contributed by atoms with Gasteiger partial charge in [0.2, 0.25) is 10.0 Å². The van der Waals surface area contributed by atoms with Gasteiger partial charge >= 0.3 is 0 Å². The molecule has 1 fully saturated rings. The summed E-state index contributed by atoms with van der Waals surface area (Å²) in [5.74, 6) is -0.374. The van der Waals surface area contributed by atoms with Gasteiger partial charge < -0.3 is 4.90 Å². The minimum Gasteiger partial charge on any atom is -0.304 e. The third-order valence-electron chi connectivity index (χ3n) is 4.63. The highest BCUT2D eigenvalue weighted by Crippen LogP contribution is 2.22. The highest BCUT2D eigenvalue weighted by Gasteiger charge is 2.36. The Labute approximate surface area is 158 Å². The third-order valence-corrected chi connectivity index (χ3v) is 7.84. The van der Waals surface area contributed by atoms with Crippen molar-refractivity contribution in [1.82, 2.24) is 14.2 Å². The van der Waals surface area contributed by atoms with E-state index in [1.165, 1.54) is 28.8 Å². The van der Waals surface area contributed by atoms with Gasteiger partial charge in [0.1, 0.15) is 5.25 Å². The fraction of sp³-hybridized carbons (Fsp3) is 0.444. The lowest BCUT2D eigenvalue weighted by Crippen LogP contribution is -2.50. The van der Waals surface area contributed by atoms with Gasteiger partial charge in [-0.1, -0.05) is 30.3 Å². The van der Waals surface area contributed by atoms with E-state index < -0.39 is 15.3 Å². The third kappa shape index (κ3) is 4.20. The second-order valence-corrected chi connectivity index (χ2v) is 9.90. The molecule has 6 nitrogen and oxygen atoms in total. The second kappa shape index (κ2) is 7.96. The molecule has 0 spiro atoms. The normalized spacial score (nSPS) is 17.9. The molecule has 3 rings (SSSR count). The number of sulfonamides is 1. The number of aromatic nitrogens is 1. The predicted molar refractivity (Wildman–Crippen MR) is 103 cm³/mol. The molecule has 0 saturated carbocycles. The van der Waals surface area contributed by atoms with Crippen molar-refractivity contribution in [2.24, 2.45) is 0 Å². The maximum Gasteiger partial charge on any atom is 0.224 e. The van der Waals surface area contributed by atoms with Gasteiger partial charge in [-0.25, -0.2) is 13.4 Å². The van der Waals surface area contributed by atoms with Crippen molar-refractivity contribution in [2.45, 2.75) is 18.6 Å². The minimum atomic E-state index is -3.65. The molecular weight excluding hydrogens is 370 g/mol. The van der Waals surface area contributed by atoms with E-state index in [1.807, 2.05) is 37.4 Å². The van der Waals surface area contributed by atoms with Crippen LogP contribution in [0.4, 0.5) is 0 Å². The van der Waals surface area contributed by atoms with Crippen LogP contribution in [0.3, 0.4) is 0 Å². The standard InChI is InChI=1S/C18H23N3O3S2/c1-14(26(23,24)21-10-8-20(2)9-11-21)18(22)16-13-19-17(25-16)12-15-6-4-3-5-7-15/h3-7,13-14H,8-12H2,1-2H3/t14-/m0/s1. The van der Waals surface area contributed by atoms with Crippen LogP contribution in [0.2, 0.25) is 0 Å². The Balaban J connectivity index is 1.70. The van der Waals surface area contributed by atoms with Crippen LogP contribution in [-0.4, -0.2) is 66.9 Å². The predicted octanol–water partition coefficient (Wildman–Crippen LogP) is 1.88. The number of nitrogens with zero attached hydrogens (tertiary/aromatic N) is 3. The van der Waals surface area contributed by atoms with Gasteiger partial charge in [0, 0.05) is 38.8 Å². The van der Waals surface area contributed by atoms with E-state index >= 15 is 0 Å². The van der Waals surface area contributed by atoms with Crippen LogP contribution in [0.5, 0.6) is 0 Å². The average molecular weight is 394 g/mol. The molecule has 0 N–H and O–H groups in total. The number of ketones is 1. The Morgan fingerprint density at radius 3 is 2.50 bits per heavy atom. The SMILES string of the molecule is C[C@@H](C(=O)c1cnc(Cc2ccccc2)s1)S(=O)(=O)N1CCN(C)CC1. The number of hydrogen-bond acceptors (Lipinski definition) is 6. The van der Waals surface area contributed by atoms with Crippen LogP contribution < -0.4 is 0 Å². The van der Waals surface area contributed by atoms with Gasteiger partial charge in [0.05, 0.1) is 9.88 Å². The second-order valence-electron chi connectivity index (χ2n) is 6.53. The van der Waals surface area contributed by atoms with Gasteiger partial charge in [0.25, 0.3) is 0 Å². The highest BCUT2D eigenvalue weighted by atomic mass is 32.2. The molecule has 1 aromatic heterocycles. The summed E-state index contributed by atoms with van der Waals surface area (Å²) in [5.41, 5.74) is 1.11. The summed E-state index contributed by atoms with van der Waals surface area (Å²) in [7, 11) is -1.68. The van der Waals surface area contributed by atoms with Crippen molar-refractivity contribution in [3.05, 3.63) is 52.0 Å². The van der Waals surface area contributed by atoms with Crippen molar-refractivity contribution in [3.63, 3.8) is 0 Å². The van der Waals surface area contributed by atoms with Gasteiger partial charge in [-0.2, -0.15) is 4.31 Å². The van der Waals surface area contributed by atoms with E-state index in [-0.39, 0.29) is 5.78 Å². The number of carbonyl (C=O) groups excluding carboxylic acids is 1.